The normalized spacial score (nSPS) is 15.9. The van der Waals surface area contributed by atoms with Gasteiger partial charge in [0.15, 0.2) is 0 Å². The van der Waals surface area contributed by atoms with Crippen molar-refractivity contribution in [1.82, 2.24) is 19.8 Å². The number of nitrogens with zero attached hydrogens (tertiary/aromatic N) is 3. The number of aromatic nitrogens is 2. The summed E-state index contributed by atoms with van der Waals surface area (Å²) in [6.45, 7) is 3.50. The van der Waals surface area contributed by atoms with Crippen molar-refractivity contribution in [2.24, 2.45) is 5.92 Å². The summed E-state index contributed by atoms with van der Waals surface area (Å²) in [5.74, 6) is -0.0117. The molecule has 9 heteroatoms. The molecule has 0 bridgehead atoms. The summed E-state index contributed by atoms with van der Waals surface area (Å²) in [6, 6.07) is 14.7. The van der Waals surface area contributed by atoms with Crippen LogP contribution < -0.4 is 16.2 Å². The molecule has 1 aliphatic heterocycles. The van der Waals surface area contributed by atoms with E-state index in [2.05, 4.69) is 15.6 Å². The van der Waals surface area contributed by atoms with Crippen LogP contribution in [0.1, 0.15) is 18.4 Å². The van der Waals surface area contributed by atoms with Gasteiger partial charge < -0.3 is 20.0 Å². The van der Waals surface area contributed by atoms with E-state index in [-0.39, 0.29) is 35.5 Å². The van der Waals surface area contributed by atoms with Crippen molar-refractivity contribution in [3.05, 3.63) is 70.8 Å². The lowest BCUT2D eigenvalue weighted by Crippen LogP contribution is -2.46. The molecule has 4 aromatic rings. The largest absolute Gasteiger partial charge is 0.448 e. The van der Waals surface area contributed by atoms with Crippen LogP contribution in [-0.4, -0.2) is 46.0 Å². The first-order valence-electron chi connectivity index (χ1n) is 11.7. The molecule has 3 amide bonds. The number of para-hydroxylation sites is 1. The summed E-state index contributed by atoms with van der Waals surface area (Å²) < 4.78 is 7.00. The molecule has 1 fully saturated rings. The van der Waals surface area contributed by atoms with Crippen LogP contribution >= 0.6 is 0 Å². The number of anilines is 1. The predicted octanol–water partition coefficient (Wildman–Crippen LogP) is 3.51. The first-order valence-corrected chi connectivity index (χ1v) is 11.7. The fourth-order valence-electron chi connectivity index (χ4n) is 4.48. The van der Waals surface area contributed by atoms with Crippen molar-refractivity contribution >= 4 is 39.7 Å². The van der Waals surface area contributed by atoms with Gasteiger partial charge >= 0.3 is 6.03 Å². The Morgan fingerprint density at radius 2 is 1.94 bits per heavy atom. The van der Waals surface area contributed by atoms with Crippen LogP contribution in [-0.2, 0) is 11.3 Å². The molecule has 9 nitrogen and oxygen atoms in total. The summed E-state index contributed by atoms with van der Waals surface area (Å²) in [4.78, 5) is 44.3. The number of piperidine rings is 1. The third-order valence-electron chi connectivity index (χ3n) is 6.39. The van der Waals surface area contributed by atoms with E-state index < -0.39 is 0 Å². The number of carbonyl (C=O) groups is 2. The number of aryl methyl sites for hydroxylation is 1. The number of hydrogen-bond acceptors (Lipinski definition) is 5. The summed E-state index contributed by atoms with van der Waals surface area (Å²) in [5.41, 5.74) is 2.73. The van der Waals surface area contributed by atoms with E-state index in [1.165, 1.54) is 10.9 Å². The minimum absolute atomic E-state index is 0.104. The maximum Gasteiger partial charge on any atom is 0.319 e. The minimum atomic E-state index is -0.373. The van der Waals surface area contributed by atoms with Crippen LogP contribution in [0.15, 0.2) is 64.1 Å². The zero-order valence-corrected chi connectivity index (χ0v) is 19.5. The average Bonchev–Trinajstić information content (AvgIpc) is 3.25. The lowest BCUT2D eigenvalue weighted by Gasteiger charge is -2.33. The SMILES string of the molecule is Cc1ccc(NC(=O)NCC2CCCN(C(=O)Cn3cnc4c(oc5ccccc54)c3=O)C2)cc1. The zero-order valence-electron chi connectivity index (χ0n) is 19.5. The molecule has 2 aromatic heterocycles. The number of rotatable bonds is 5. The van der Waals surface area contributed by atoms with Crippen molar-refractivity contribution in [3.63, 3.8) is 0 Å². The Morgan fingerprint density at radius 1 is 1.14 bits per heavy atom. The second kappa shape index (κ2) is 9.61. The van der Waals surface area contributed by atoms with Crippen molar-refractivity contribution in [1.29, 1.82) is 0 Å². The van der Waals surface area contributed by atoms with Crippen molar-refractivity contribution in [3.8, 4) is 0 Å². The van der Waals surface area contributed by atoms with Crippen molar-refractivity contribution < 1.29 is 14.0 Å². The molecule has 2 N–H and O–H groups in total. The maximum atomic E-state index is 13.0. The third kappa shape index (κ3) is 4.89. The predicted molar refractivity (Wildman–Crippen MR) is 133 cm³/mol. The van der Waals surface area contributed by atoms with Gasteiger partial charge in [0.2, 0.25) is 11.5 Å². The highest BCUT2D eigenvalue weighted by atomic mass is 16.3. The summed E-state index contributed by atoms with van der Waals surface area (Å²) in [5, 5.41) is 6.50. The molecule has 0 saturated carbocycles. The Hall–Kier alpha value is -4.14. The Balaban J connectivity index is 1.19. The summed E-state index contributed by atoms with van der Waals surface area (Å²) in [6.07, 6.45) is 3.16. The monoisotopic (exact) mass is 473 g/mol. The second-order valence-electron chi connectivity index (χ2n) is 9.00. The topological polar surface area (TPSA) is 109 Å². The first kappa shape index (κ1) is 22.6. The zero-order chi connectivity index (χ0) is 24.4. The van der Waals surface area contributed by atoms with E-state index in [4.69, 9.17) is 4.42 Å². The molecule has 2 aromatic carbocycles. The molecule has 5 rings (SSSR count). The molecule has 0 spiro atoms. The Morgan fingerprint density at radius 3 is 2.77 bits per heavy atom. The first-order chi connectivity index (χ1) is 17.0. The van der Waals surface area contributed by atoms with Gasteiger partial charge in [-0.1, -0.05) is 29.8 Å². The van der Waals surface area contributed by atoms with Crippen LogP contribution in [0, 0.1) is 12.8 Å². The average molecular weight is 474 g/mol. The number of carbonyl (C=O) groups excluding carboxylic acids is 2. The van der Waals surface area contributed by atoms with Gasteiger partial charge in [0.25, 0.3) is 5.56 Å². The summed E-state index contributed by atoms with van der Waals surface area (Å²) >= 11 is 0. The lowest BCUT2D eigenvalue weighted by molar-refractivity contribution is -0.133. The van der Waals surface area contributed by atoms with E-state index in [0.29, 0.717) is 30.7 Å². The quantitative estimate of drug-likeness (QED) is 0.461. The molecule has 180 valence electrons. The van der Waals surface area contributed by atoms with Crippen LogP contribution in [0.5, 0.6) is 0 Å². The van der Waals surface area contributed by atoms with E-state index in [1.54, 1.807) is 11.0 Å². The number of furan rings is 1. The molecule has 1 saturated heterocycles. The smallest absolute Gasteiger partial charge is 0.319 e. The van der Waals surface area contributed by atoms with Crippen LogP contribution in [0.2, 0.25) is 0 Å². The van der Waals surface area contributed by atoms with Gasteiger partial charge in [-0.3, -0.25) is 14.2 Å². The van der Waals surface area contributed by atoms with E-state index in [1.807, 2.05) is 49.4 Å². The molecule has 1 unspecified atom stereocenters. The molecule has 3 heterocycles. The molecule has 1 aliphatic rings. The Bertz CT molecular complexity index is 1440. The molecular weight excluding hydrogens is 446 g/mol. The standard InChI is InChI=1S/C26H27N5O4/c1-17-8-10-19(11-9-17)29-26(34)27-13-18-5-4-12-30(14-18)22(32)15-31-16-28-23-20-6-2-3-7-21(20)35-24(23)25(31)33/h2-3,6-11,16,18H,4-5,12-15H2,1H3,(H2,27,29,34). The number of benzene rings is 2. The number of amides is 3. The highest BCUT2D eigenvalue weighted by Crippen LogP contribution is 2.24. The van der Waals surface area contributed by atoms with Crippen LogP contribution in [0.3, 0.4) is 0 Å². The van der Waals surface area contributed by atoms with E-state index in [0.717, 1.165) is 29.5 Å². The molecule has 0 aliphatic carbocycles. The van der Waals surface area contributed by atoms with Gasteiger partial charge in [-0.25, -0.2) is 9.78 Å². The molecular formula is C26H27N5O4. The van der Waals surface area contributed by atoms with Crippen molar-refractivity contribution in [2.75, 3.05) is 25.0 Å². The highest BCUT2D eigenvalue weighted by molar-refractivity contribution is 6.01. The fourth-order valence-corrected chi connectivity index (χ4v) is 4.48. The Labute approximate surface area is 201 Å². The van der Waals surface area contributed by atoms with E-state index in [9.17, 15) is 14.4 Å². The van der Waals surface area contributed by atoms with Crippen molar-refractivity contribution in [2.45, 2.75) is 26.3 Å². The summed E-state index contributed by atoms with van der Waals surface area (Å²) in [7, 11) is 0. The Kier molecular flexibility index (Phi) is 6.22. The van der Waals surface area contributed by atoms with Gasteiger partial charge in [-0.05, 0) is 49.9 Å². The fraction of sp³-hybridized carbons (Fsp3) is 0.308. The van der Waals surface area contributed by atoms with Crippen LogP contribution in [0.4, 0.5) is 10.5 Å². The van der Waals surface area contributed by atoms with E-state index >= 15 is 0 Å². The number of urea groups is 1. The molecule has 35 heavy (non-hydrogen) atoms. The highest BCUT2D eigenvalue weighted by Gasteiger charge is 2.25. The van der Waals surface area contributed by atoms with Gasteiger partial charge in [0, 0.05) is 30.7 Å². The maximum absolute atomic E-state index is 13.0. The number of fused-ring (bicyclic) bond motifs is 3. The van der Waals surface area contributed by atoms with Gasteiger partial charge in [0.1, 0.15) is 17.6 Å². The number of likely N-dealkylation sites (tertiary alicyclic amines) is 1. The molecule has 1 atom stereocenters. The second-order valence-corrected chi connectivity index (χ2v) is 9.00. The van der Waals surface area contributed by atoms with Gasteiger partial charge in [-0.15, -0.1) is 0 Å². The third-order valence-corrected chi connectivity index (χ3v) is 6.39. The molecule has 0 radical (unpaired) electrons. The van der Waals surface area contributed by atoms with Gasteiger partial charge in [-0.2, -0.15) is 0 Å². The van der Waals surface area contributed by atoms with Gasteiger partial charge in [0.05, 0.1) is 6.33 Å². The number of hydrogen-bond donors (Lipinski definition) is 2. The van der Waals surface area contributed by atoms with Crippen LogP contribution in [0.25, 0.3) is 22.1 Å². The number of nitrogens with one attached hydrogen (secondary N) is 2. The lowest BCUT2D eigenvalue weighted by atomic mass is 9.98. The minimum Gasteiger partial charge on any atom is -0.448 e.